The number of benzene rings is 8. The van der Waals surface area contributed by atoms with E-state index in [0.717, 1.165) is 78.0 Å². The molecule has 0 spiro atoms. The van der Waals surface area contributed by atoms with Crippen molar-refractivity contribution in [1.29, 1.82) is 0 Å². The summed E-state index contributed by atoms with van der Waals surface area (Å²) < 4.78 is 12.9. The molecule has 4 heteroatoms. The maximum absolute atomic E-state index is 6.57. The first kappa shape index (κ1) is 29.8. The van der Waals surface area contributed by atoms with Crippen LogP contribution < -0.4 is 9.80 Å². The van der Waals surface area contributed by atoms with E-state index < -0.39 is 0 Å². The Hall–Kier alpha value is -7.04. The zero-order valence-corrected chi connectivity index (χ0v) is 28.2. The molecule has 10 rings (SSSR count). The van der Waals surface area contributed by atoms with E-state index in [0.29, 0.717) is 0 Å². The highest BCUT2D eigenvalue weighted by Crippen LogP contribution is 2.45. The summed E-state index contributed by atoms with van der Waals surface area (Å²) in [7, 11) is 0. The van der Waals surface area contributed by atoms with Gasteiger partial charge in [0.2, 0.25) is 0 Å². The van der Waals surface area contributed by atoms with E-state index in [2.05, 4.69) is 186 Å². The maximum atomic E-state index is 6.57. The number of anilines is 6. The van der Waals surface area contributed by atoms with E-state index in [1.807, 2.05) is 18.2 Å². The van der Waals surface area contributed by atoms with E-state index in [-0.39, 0.29) is 0 Å². The van der Waals surface area contributed by atoms with Crippen molar-refractivity contribution in [1.82, 2.24) is 0 Å². The summed E-state index contributed by atoms with van der Waals surface area (Å²) >= 11 is 0. The van der Waals surface area contributed by atoms with Gasteiger partial charge in [-0.15, -0.1) is 0 Å². The first-order chi connectivity index (χ1) is 25.8. The average Bonchev–Trinajstić information content (AvgIpc) is 3.78. The standard InChI is InChI=1S/C48H32N2O2/c1-4-13-33(14-5-1)34-23-25-37(26-24-34)50(36-17-8-3-9-18-36)43-20-12-22-46-48(43)42-31-38(28-30-45(42)51-46)49(35-15-6-2-7-16-35)39-27-29-41-40-19-10-11-21-44(40)52-47(41)32-39/h1-32H. The van der Waals surface area contributed by atoms with Crippen LogP contribution in [0.25, 0.3) is 55.0 Å². The van der Waals surface area contributed by atoms with Crippen molar-refractivity contribution in [2.45, 2.75) is 0 Å². The number of para-hydroxylation sites is 3. The van der Waals surface area contributed by atoms with Crippen LogP contribution in [0, 0.1) is 0 Å². The molecule has 0 aliphatic carbocycles. The summed E-state index contributed by atoms with van der Waals surface area (Å²) in [5.74, 6) is 0. The number of furan rings is 2. The van der Waals surface area contributed by atoms with Crippen molar-refractivity contribution in [3.05, 3.63) is 194 Å². The zero-order chi connectivity index (χ0) is 34.4. The Bertz CT molecular complexity index is 2840. The van der Waals surface area contributed by atoms with Crippen molar-refractivity contribution in [2.24, 2.45) is 0 Å². The molecule has 0 unspecified atom stereocenters. The van der Waals surface area contributed by atoms with Crippen molar-refractivity contribution in [3.8, 4) is 11.1 Å². The number of nitrogens with zero attached hydrogens (tertiary/aromatic N) is 2. The molecule has 8 aromatic carbocycles. The summed E-state index contributed by atoms with van der Waals surface area (Å²) in [5.41, 5.74) is 12.0. The van der Waals surface area contributed by atoms with Gasteiger partial charge in [-0.1, -0.05) is 103 Å². The number of hydrogen-bond donors (Lipinski definition) is 0. The predicted molar refractivity (Wildman–Crippen MR) is 216 cm³/mol. The van der Waals surface area contributed by atoms with E-state index in [4.69, 9.17) is 8.83 Å². The van der Waals surface area contributed by atoms with Crippen LogP contribution in [0.5, 0.6) is 0 Å². The fourth-order valence-electron chi connectivity index (χ4n) is 7.44. The molecule has 4 nitrogen and oxygen atoms in total. The smallest absolute Gasteiger partial charge is 0.137 e. The van der Waals surface area contributed by atoms with E-state index in [9.17, 15) is 0 Å². The van der Waals surface area contributed by atoms with E-state index in [1.165, 1.54) is 11.1 Å². The average molecular weight is 669 g/mol. The first-order valence-electron chi connectivity index (χ1n) is 17.5. The van der Waals surface area contributed by atoms with E-state index >= 15 is 0 Å². The second-order valence-corrected chi connectivity index (χ2v) is 13.0. The topological polar surface area (TPSA) is 32.8 Å². The highest BCUT2D eigenvalue weighted by atomic mass is 16.3. The van der Waals surface area contributed by atoms with E-state index in [1.54, 1.807) is 0 Å². The van der Waals surface area contributed by atoms with Gasteiger partial charge in [0.15, 0.2) is 0 Å². The molecule has 2 heterocycles. The summed E-state index contributed by atoms with van der Waals surface area (Å²) in [4.78, 5) is 4.61. The molecule has 0 N–H and O–H groups in total. The lowest BCUT2D eigenvalue weighted by molar-refractivity contribution is 0.668. The quantitative estimate of drug-likeness (QED) is 0.169. The van der Waals surface area contributed by atoms with Gasteiger partial charge in [-0.25, -0.2) is 0 Å². The molecule has 0 fully saturated rings. The minimum atomic E-state index is 0.833. The molecular formula is C48H32N2O2. The van der Waals surface area contributed by atoms with Crippen LogP contribution in [0.3, 0.4) is 0 Å². The zero-order valence-electron chi connectivity index (χ0n) is 28.2. The summed E-state index contributed by atoms with van der Waals surface area (Å²) in [6.07, 6.45) is 0. The molecule has 0 amide bonds. The molecule has 0 aliphatic rings. The lowest BCUT2D eigenvalue weighted by atomic mass is 10.0. The Kier molecular flexibility index (Phi) is 7.10. The fraction of sp³-hybridized carbons (Fsp3) is 0. The van der Waals surface area contributed by atoms with Gasteiger partial charge < -0.3 is 18.6 Å². The van der Waals surface area contributed by atoms with Crippen LogP contribution in [0.15, 0.2) is 203 Å². The molecule has 0 radical (unpaired) electrons. The highest BCUT2D eigenvalue weighted by molar-refractivity contribution is 6.14. The number of fused-ring (bicyclic) bond motifs is 6. The molecule has 0 aliphatic heterocycles. The van der Waals surface area contributed by atoms with Crippen LogP contribution in [0.4, 0.5) is 34.1 Å². The minimum Gasteiger partial charge on any atom is -0.456 e. The minimum absolute atomic E-state index is 0.833. The van der Waals surface area contributed by atoms with Crippen LogP contribution in [-0.4, -0.2) is 0 Å². The van der Waals surface area contributed by atoms with Crippen LogP contribution in [0.1, 0.15) is 0 Å². The number of hydrogen-bond acceptors (Lipinski definition) is 4. The Labute approximate surface area is 301 Å². The monoisotopic (exact) mass is 668 g/mol. The van der Waals surface area contributed by atoms with Gasteiger partial charge in [0.1, 0.15) is 22.3 Å². The van der Waals surface area contributed by atoms with Gasteiger partial charge in [0.25, 0.3) is 0 Å². The normalized spacial score (nSPS) is 11.5. The summed E-state index contributed by atoms with van der Waals surface area (Å²) in [6, 6.07) is 67.8. The third-order valence-electron chi connectivity index (χ3n) is 9.84. The van der Waals surface area contributed by atoms with Crippen LogP contribution in [0.2, 0.25) is 0 Å². The molecule has 0 saturated heterocycles. The summed E-state index contributed by atoms with van der Waals surface area (Å²) in [5, 5.41) is 4.31. The van der Waals surface area contributed by atoms with Crippen molar-refractivity contribution < 1.29 is 8.83 Å². The SMILES string of the molecule is c1ccc(-c2ccc(N(c3ccccc3)c3cccc4oc5ccc(N(c6ccccc6)c6ccc7c(c6)oc6ccccc67)cc5c34)cc2)cc1. The third-order valence-corrected chi connectivity index (χ3v) is 9.84. The second-order valence-electron chi connectivity index (χ2n) is 13.0. The lowest BCUT2D eigenvalue weighted by Crippen LogP contribution is -2.10. The Balaban J connectivity index is 1.15. The van der Waals surface area contributed by atoms with Gasteiger partial charge in [-0.05, 0) is 96.1 Å². The molecule has 0 saturated carbocycles. The Morgan fingerprint density at radius 2 is 0.808 bits per heavy atom. The van der Waals surface area contributed by atoms with Gasteiger partial charge in [0.05, 0.1) is 11.1 Å². The third kappa shape index (κ3) is 5.09. The van der Waals surface area contributed by atoms with Crippen molar-refractivity contribution in [2.75, 3.05) is 9.80 Å². The molecule has 2 aromatic heterocycles. The van der Waals surface area contributed by atoms with Gasteiger partial charge in [-0.2, -0.15) is 0 Å². The lowest BCUT2D eigenvalue weighted by Gasteiger charge is -2.27. The molecule has 0 bridgehead atoms. The highest BCUT2D eigenvalue weighted by Gasteiger charge is 2.22. The molecule has 0 atom stereocenters. The molecule has 246 valence electrons. The Morgan fingerprint density at radius 3 is 1.58 bits per heavy atom. The fourth-order valence-corrected chi connectivity index (χ4v) is 7.44. The van der Waals surface area contributed by atoms with Crippen molar-refractivity contribution >= 4 is 78.0 Å². The van der Waals surface area contributed by atoms with Gasteiger partial charge >= 0.3 is 0 Å². The molecule has 10 aromatic rings. The number of rotatable bonds is 7. The predicted octanol–water partition coefficient (Wildman–Crippen LogP) is 14.1. The van der Waals surface area contributed by atoms with Crippen LogP contribution in [-0.2, 0) is 0 Å². The molecule has 52 heavy (non-hydrogen) atoms. The first-order valence-corrected chi connectivity index (χ1v) is 17.5. The Morgan fingerprint density at radius 1 is 0.288 bits per heavy atom. The maximum Gasteiger partial charge on any atom is 0.137 e. The largest absolute Gasteiger partial charge is 0.456 e. The summed E-state index contributed by atoms with van der Waals surface area (Å²) in [6.45, 7) is 0. The second kappa shape index (κ2) is 12.4. The van der Waals surface area contributed by atoms with Gasteiger partial charge in [-0.3, -0.25) is 0 Å². The molecular weight excluding hydrogens is 637 g/mol. The van der Waals surface area contributed by atoms with Crippen molar-refractivity contribution in [3.63, 3.8) is 0 Å². The van der Waals surface area contributed by atoms with Crippen LogP contribution >= 0.6 is 0 Å². The van der Waals surface area contributed by atoms with Gasteiger partial charge in [0, 0.05) is 50.7 Å².